The predicted octanol–water partition coefficient (Wildman–Crippen LogP) is 1.95. The first-order chi connectivity index (χ1) is 9.37. The molecule has 0 saturated heterocycles. The lowest BCUT2D eigenvalue weighted by Gasteiger charge is -2.24. The normalized spacial score (nSPS) is 10.9. The van der Waals surface area contributed by atoms with Crippen molar-refractivity contribution in [2.45, 2.75) is 32.1 Å². The maximum Gasteiger partial charge on any atom is 0.303 e. The van der Waals surface area contributed by atoms with E-state index in [1.165, 1.54) is 0 Å². The molecule has 0 saturated carbocycles. The van der Waals surface area contributed by atoms with E-state index < -0.39 is 11.4 Å². The van der Waals surface area contributed by atoms with Crippen LogP contribution in [-0.4, -0.2) is 30.6 Å². The van der Waals surface area contributed by atoms with Crippen LogP contribution in [-0.2, 0) is 15.0 Å². The molecule has 0 aromatic heterocycles. The average molecular weight is 279 g/mol. The Morgan fingerprint density at radius 2 is 1.85 bits per heavy atom. The lowest BCUT2D eigenvalue weighted by Crippen LogP contribution is -2.40. The fraction of sp³-hybridized carbons (Fsp3) is 0.467. The number of aliphatic carboxylic acids is 1. The van der Waals surface area contributed by atoms with Crippen LogP contribution >= 0.6 is 0 Å². The monoisotopic (exact) mass is 279 g/mol. The van der Waals surface area contributed by atoms with Gasteiger partial charge in [0.05, 0.1) is 12.5 Å². The van der Waals surface area contributed by atoms with Gasteiger partial charge in [-0.25, -0.2) is 0 Å². The van der Waals surface area contributed by atoms with Gasteiger partial charge < -0.3 is 15.2 Å². The van der Waals surface area contributed by atoms with E-state index in [9.17, 15) is 9.59 Å². The van der Waals surface area contributed by atoms with Crippen LogP contribution < -0.4 is 10.1 Å². The number of carboxylic acid groups (broad SMARTS) is 1. The number of carboxylic acids is 1. The number of rotatable bonds is 7. The van der Waals surface area contributed by atoms with E-state index in [-0.39, 0.29) is 12.3 Å². The molecular formula is C15H21NO4. The number of amides is 1. The molecule has 0 aliphatic carbocycles. The molecule has 0 aliphatic rings. The first kappa shape index (κ1) is 16.0. The highest BCUT2D eigenvalue weighted by atomic mass is 16.5. The zero-order valence-electron chi connectivity index (χ0n) is 12.1. The Kier molecular flexibility index (Phi) is 5.55. The van der Waals surface area contributed by atoms with Gasteiger partial charge in [-0.05, 0) is 38.0 Å². The standard InChI is InChI=1S/C15H21NO4/c1-15(2,11-6-8-12(20-3)9-7-11)14(19)16-10-4-5-13(17)18/h6-9H,4-5,10H2,1-3H3,(H,16,19)(H,17,18). The molecule has 110 valence electrons. The molecule has 5 nitrogen and oxygen atoms in total. The molecule has 0 spiro atoms. The number of nitrogens with one attached hydrogen (secondary N) is 1. The third-order valence-corrected chi connectivity index (χ3v) is 3.23. The molecule has 0 heterocycles. The van der Waals surface area contributed by atoms with Crippen molar-refractivity contribution in [1.29, 1.82) is 0 Å². The summed E-state index contributed by atoms with van der Waals surface area (Å²) in [5.41, 5.74) is 0.212. The van der Waals surface area contributed by atoms with Gasteiger partial charge in [-0.15, -0.1) is 0 Å². The van der Waals surface area contributed by atoms with Gasteiger partial charge in [0, 0.05) is 13.0 Å². The average Bonchev–Trinajstić information content (AvgIpc) is 2.43. The second kappa shape index (κ2) is 6.93. The van der Waals surface area contributed by atoms with Crippen LogP contribution in [0.3, 0.4) is 0 Å². The SMILES string of the molecule is COc1ccc(C(C)(C)C(=O)NCCCC(=O)O)cc1. The predicted molar refractivity (Wildman–Crippen MR) is 75.9 cm³/mol. The molecule has 1 amide bonds. The van der Waals surface area contributed by atoms with Crippen LogP contribution in [0.1, 0.15) is 32.3 Å². The Hall–Kier alpha value is -2.04. The number of hydrogen-bond donors (Lipinski definition) is 2. The Bertz CT molecular complexity index is 465. The van der Waals surface area contributed by atoms with Crippen molar-refractivity contribution in [2.24, 2.45) is 0 Å². The highest BCUT2D eigenvalue weighted by Crippen LogP contribution is 2.25. The van der Waals surface area contributed by atoms with E-state index in [0.717, 1.165) is 11.3 Å². The summed E-state index contributed by atoms with van der Waals surface area (Å²) in [5, 5.41) is 11.3. The second-order valence-electron chi connectivity index (χ2n) is 5.11. The summed E-state index contributed by atoms with van der Waals surface area (Å²) >= 11 is 0. The third kappa shape index (κ3) is 4.26. The largest absolute Gasteiger partial charge is 0.497 e. The van der Waals surface area contributed by atoms with E-state index in [0.29, 0.717) is 13.0 Å². The Morgan fingerprint density at radius 1 is 1.25 bits per heavy atom. The quantitative estimate of drug-likeness (QED) is 0.748. The van der Waals surface area contributed by atoms with Crippen LogP contribution in [0.15, 0.2) is 24.3 Å². The van der Waals surface area contributed by atoms with Gasteiger partial charge in [-0.1, -0.05) is 12.1 Å². The number of carbonyl (C=O) groups excluding carboxylic acids is 1. The van der Waals surface area contributed by atoms with Crippen LogP contribution in [0.25, 0.3) is 0 Å². The van der Waals surface area contributed by atoms with Crippen LogP contribution in [0.5, 0.6) is 5.75 Å². The lowest BCUT2D eigenvalue weighted by molar-refractivity contribution is -0.137. The summed E-state index contributed by atoms with van der Waals surface area (Å²) in [5.74, 6) is -0.229. The van der Waals surface area contributed by atoms with Crippen molar-refractivity contribution in [1.82, 2.24) is 5.32 Å². The van der Waals surface area contributed by atoms with Crippen molar-refractivity contribution >= 4 is 11.9 Å². The van der Waals surface area contributed by atoms with Gasteiger partial charge in [0.25, 0.3) is 0 Å². The molecule has 1 aromatic rings. The van der Waals surface area contributed by atoms with Crippen molar-refractivity contribution < 1.29 is 19.4 Å². The Balaban J connectivity index is 2.61. The molecule has 1 aromatic carbocycles. The molecule has 2 N–H and O–H groups in total. The summed E-state index contributed by atoms with van der Waals surface area (Å²) in [6, 6.07) is 7.34. The Morgan fingerprint density at radius 3 is 2.35 bits per heavy atom. The zero-order chi connectivity index (χ0) is 15.2. The van der Waals surface area contributed by atoms with Gasteiger partial charge in [-0.2, -0.15) is 0 Å². The van der Waals surface area contributed by atoms with E-state index in [4.69, 9.17) is 9.84 Å². The molecule has 20 heavy (non-hydrogen) atoms. The fourth-order valence-electron chi connectivity index (χ4n) is 1.80. The molecule has 0 aliphatic heterocycles. The third-order valence-electron chi connectivity index (χ3n) is 3.23. The van der Waals surface area contributed by atoms with Gasteiger partial charge in [0.15, 0.2) is 0 Å². The summed E-state index contributed by atoms with van der Waals surface area (Å²) in [7, 11) is 1.59. The van der Waals surface area contributed by atoms with Gasteiger partial charge >= 0.3 is 5.97 Å². The van der Waals surface area contributed by atoms with E-state index >= 15 is 0 Å². The van der Waals surface area contributed by atoms with Crippen molar-refractivity contribution in [3.63, 3.8) is 0 Å². The van der Waals surface area contributed by atoms with Crippen molar-refractivity contribution in [3.05, 3.63) is 29.8 Å². The highest BCUT2D eigenvalue weighted by Gasteiger charge is 2.29. The topological polar surface area (TPSA) is 75.6 Å². The number of methoxy groups -OCH3 is 1. The number of benzene rings is 1. The van der Waals surface area contributed by atoms with E-state index in [1.54, 1.807) is 7.11 Å². The first-order valence-corrected chi connectivity index (χ1v) is 6.52. The molecule has 0 radical (unpaired) electrons. The minimum Gasteiger partial charge on any atom is -0.497 e. The minimum absolute atomic E-state index is 0.0588. The van der Waals surface area contributed by atoms with Gasteiger partial charge in [0.1, 0.15) is 5.75 Å². The second-order valence-corrected chi connectivity index (χ2v) is 5.11. The molecule has 0 atom stereocenters. The summed E-state index contributed by atoms with van der Waals surface area (Å²) in [4.78, 5) is 22.6. The summed E-state index contributed by atoms with van der Waals surface area (Å²) < 4.78 is 5.09. The van der Waals surface area contributed by atoms with Crippen LogP contribution in [0.2, 0.25) is 0 Å². The molecule has 1 rings (SSSR count). The molecule has 0 unspecified atom stereocenters. The molecule has 0 bridgehead atoms. The molecule has 0 fully saturated rings. The maximum atomic E-state index is 12.2. The summed E-state index contributed by atoms with van der Waals surface area (Å²) in [6.07, 6.45) is 0.489. The van der Waals surface area contributed by atoms with Crippen molar-refractivity contribution in [3.8, 4) is 5.75 Å². The fourth-order valence-corrected chi connectivity index (χ4v) is 1.80. The molecule has 5 heteroatoms. The van der Waals surface area contributed by atoms with Crippen LogP contribution in [0.4, 0.5) is 0 Å². The first-order valence-electron chi connectivity index (χ1n) is 6.52. The molecular weight excluding hydrogens is 258 g/mol. The Labute approximate surface area is 118 Å². The van der Waals surface area contributed by atoms with Crippen LogP contribution in [0, 0.1) is 0 Å². The lowest BCUT2D eigenvalue weighted by atomic mass is 9.83. The highest BCUT2D eigenvalue weighted by molar-refractivity contribution is 5.87. The smallest absolute Gasteiger partial charge is 0.303 e. The number of hydrogen-bond acceptors (Lipinski definition) is 3. The number of carbonyl (C=O) groups is 2. The maximum absolute atomic E-state index is 12.2. The van der Waals surface area contributed by atoms with Crippen molar-refractivity contribution in [2.75, 3.05) is 13.7 Å². The summed E-state index contributed by atoms with van der Waals surface area (Å²) in [6.45, 7) is 4.04. The van der Waals surface area contributed by atoms with E-state index in [2.05, 4.69) is 5.32 Å². The zero-order valence-corrected chi connectivity index (χ0v) is 12.1. The van der Waals surface area contributed by atoms with E-state index in [1.807, 2.05) is 38.1 Å². The minimum atomic E-state index is -0.853. The number of ether oxygens (including phenoxy) is 1. The van der Waals surface area contributed by atoms with Gasteiger partial charge in [-0.3, -0.25) is 9.59 Å². The van der Waals surface area contributed by atoms with Gasteiger partial charge in [0.2, 0.25) is 5.91 Å².